The Hall–Kier alpha value is -0.140. The molecule has 0 saturated heterocycles. The van der Waals surface area contributed by atoms with Crippen LogP contribution in [0.3, 0.4) is 0 Å². The average Bonchev–Trinajstić information content (AvgIpc) is 1.61. The molecule has 0 rings (SSSR count). The van der Waals surface area contributed by atoms with Crippen LogP contribution in [0.1, 0.15) is 7.43 Å². The summed E-state index contributed by atoms with van der Waals surface area (Å²) in [6.07, 6.45) is 2.91. The molecule has 0 saturated carbocycles. The summed E-state index contributed by atoms with van der Waals surface area (Å²) < 4.78 is -0.223. The lowest BCUT2D eigenvalue weighted by atomic mass is 10.8. The Balaban J connectivity index is 0. The summed E-state index contributed by atoms with van der Waals surface area (Å²) in [5, 5.41) is 7.80. The number of nitrogens with zero attached hydrogens (tertiary/aromatic N) is 2. The van der Waals surface area contributed by atoms with Crippen molar-refractivity contribution < 1.29 is 0 Å². The summed E-state index contributed by atoms with van der Waals surface area (Å²) in [4.78, 5) is 3.20. The third-order valence-corrected chi connectivity index (χ3v) is 0.532. The maximum Gasteiger partial charge on any atom is 0.205 e. The number of aliphatic imine (C=N–C) groups is 1. The largest absolute Gasteiger partial charge is 0.205 e. The van der Waals surface area contributed by atoms with Crippen LogP contribution >= 0.6 is 25.3 Å². The van der Waals surface area contributed by atoms with Crippen molar-refractivity contribution in [1.29, 1.82) is 5.26 Å². The van der Waals surface area contributed by atoms with E-state index in [9.17, 15) is 0 Å². The Morgan fingerprint density at radius 3 is 2.25 bits per heavy atom. The van der Waals surface area contributed by atoms with E-state index in [1.54, 1.807) is 6.19 Å². The molecule has 0 aromatic rings. The lowest BCUT2D eigenvalue weighted by Gasteiger charge is -1.83. The molecule has 46 valence electrons. The van der Waals surface area contributed by atoms with E-state index in [1.165, 1.54) is 6.21 Å². The van der Waals surface area contributed by atoms with Crippen LogP contribution in [0.15, 0.2) is 4.99 Å². The van der Waals surface area contributed by atoms with E-state index in [0.717, 1.165) is 0 Å². The van der Waals surface area contributed by atoms with Crippen LogP contribution in [-0.2, 0) is 0 Å². The molecule has 0 spiro atoms. The number of hydrogen-bond acceptors (Lipinski definition) is 4. The minimum Gasteiger partial charge on any atom is -0.184 e. The van der Waals surface area contributed by atoms with Crippen molar-refractivity contribution in [1.82, 2.24) is 0 Å². The second-order valence-electron chi connectivity index (χ2n) is 0.792. The van der Waals surface area contributed by atoms with Crippen molar-refractivity contribution >= 4 is 31.5 Å². The molecule has 4 heteroatoms. The molecule has 0 unspecified atom stereocenters. The van der Waals surface area contributed by atoms with E-state index >= 15 is 0 Å². The van der Waals surface area contributed by atoms with Gasteiger partial charge >= 0.3 is 0 Å². The zero-order valence-corrected chi connectivity index (χ0v) is 5.23. The SMILES string of the molecule is C.N#CN=CC(S)S. The number of rotatable bonds is 1. The van der Waals surface area contributed by atoms with Gasteiger partial charge in [-0.15, -0.1) is 0 Å². The minimum absolute atomic E-state index is 0. The monoisotopic (exact) mass is 148 g/mol. The van der Waals surface area contributed by atoms with E-state index in [1.807, 2.05) is 0 Å². The number of nitriles is 1. The molecule has 0 aromatic carbocycles. The third kappa shape index (κ3) is 9.29. The summed E-state index contributed by atoms with van der Waals surface area (Å²) in [5.74, 6) is 0. The first-order valence-electron chi connectivity index (χ1n) is 1.56. The van der Waals surface area contributed by atoms with Crippen molar-refractivity contribution in [3.8, 4) is 6.19 Å². The Morgan fingerprint density at radius 2 is 2.12 bits per heavy atom. The van der Waals surface area contributed by atoms with Gasteiger partial charge in [-0.2, -0.15) is 35.5 Å². The molecule has 0 radical (unpaired) electrons. The van der Waals surface area contributed by atoms with Crippen molar-refractivity contribution in [2.75, 3.05) is 0 Å². The summed E-state index contributed by atoms with van der Waals surface area (Å²) in [5.41, 5.74) is 0. The minimum atomic E-state index is -0.223. The van der Waals surface area contributed by atoms with Crippen LogP contribution in [0.2, 0.25) is 0 Å². The van der Waals surface area contributed by atoms with E-state index in [0.29, 0.717) is 0 Å². The van der Waals surface area contributed by atoms with Crippen LogP contribution < -0.4 is 0 Å². The zero-order chi connectivity index (χ0) is 5.70. The van der Waals surface area contributed by atoms with Crippen LogP contribution in [0, 0.1) is 11.5 Å². The predicted octanol–water partition coefficient (Wildman–Crippen LogP) is 1.36. The Bertz CT molecular complexity index is 103. The van der Waals surface area contributed by atoms with Gasteiger partial charge in [0.05, 0.1) is 4.58 Å². The Kier molecular flexibility index (Phi) is 9.24. The molecule has 0 N–H and O–H groups in total. The van der Waals surface area contributed by atoms with Gasteiger partial charge in [-0.3, -0.25) is 0 Å². The van der Waals surface area contributed by atoms with Gasteiger partial charge in [0.15, 0.2) is 0 Å². The maximum absolute atomic E-state index is 7.80. The lowest BCUT2D eigenvalue weighted by molar-refractivity contribution is 1.44. The van der Waals surface area contributed by atoms with Gasteiger partial charge < -0.3 is 0 Å². The van der Waals surface area contributed by atoms with E-state index in [2.05, 4.69) is 30.2 Å². The van der Waals surface area contributed by atoms with Crippen LogP contribution in [0.4, 0.5) is 0 Å². The first-order valence-corrected chi connectivity index (χ1v) is 2.59. The quantitative estimate of drug-likeness (QED) is 0.250. The van der Waals surface area contributed by atoms with Gasteiger partial charge in [0.2, 0.25) is 6.19 Å². The normalized spacial score (nSPS) is 8.75. The highest BCUT2D eigenvalue weighted by molar-refractivity contribution is 8.00. The average molecular weight is 148 g/mol. The third-order valence-electron chi connectivity index (χ3n) is 0.266. The molecule has 8 heavy (non-hydrogen) atoms. The predicted molar refractivity (Wildman–Crippen MR) is 42.6 cm³/mol. The summed E-state index contributed by atoms with van der Waals surface area (Å²) >= 11 is 7.59. The van der Waals surface area contributed by atoms with Gasteiger partial charge in [0.25, 0.3) is 0 Å². The highest BCUT2D eigenvalue weighted by Crippen LogP contribution is 1.93. The first-order chi connectivity index (χ1) is 3.27. The van der Waals surface area contributed by atoms with E-state index in [-0.39, 0.29) is 12.0 Å². The molecule has 0 aliphatic heterocycles. The Morgan fingerprint density at radius 1 is 1.62 bits per heavy atom. The summed E-state index contributed by atoms with van der Waals surface area (Å²) in [6.45, 7) is 0. The molecular weight excluding hydrogens is 140 g/mol. The first kappa shape index (κ1) is 10.8. The smallest absolute Gasteiger partial charge is 0.184 e. The van der Waals surface area contributed by atoms with Crippen molar-refractivity contribution in [2.45, 2.75) is 12.0 Å². The van der Waals surface area contributed by atoms with Crippen LogP contribution in [0.25, 0.3) is 0 Å². The molecule has 0 aromatic heterocycles. The van der Waals surface area contributed by atoms with Crippen molar-refractivity contribution in [3.05, 3.63) is 0 Å². The molecule has 0 fully saturated rings. The molecule has 0 aliphatic carbocycles. The molecule has 0 aliphatic rings. The standard InChI is InChI=1S/C3H4N2S2.CH4/c4-2-5-1-3(6)7;/h1,3,6-7H;1H4. The summed E-state index contributed by atoms with van der Waals surface area (Å²) in [7, 11) is 0. The number of thiol groups is 2. The van der Waals surface area contributed by atoms with Gasteiger partial charge in [-0.25, -0.2) is 0 Å². The van der Waals surface area contributed by atoms with Crippen LogP contribution in [-0.4, -0.2) is 10.8 Å². The zero-order valence-electron chi connectivity index (χ0n) is 3.44. The molecular formula is C4H8N2S2. The van der Waals surface area contributed by atoms with E-state index in [4.69, 9.17) is 5.26 Å². The second kappa shape index (κ2) is 6.86. The fourth-order valence-electron chi connectivity index (χ4n) is 0.100. The fraction of sp³-hybridized carbons (Fsp3) is 0.500. The highest BCUT2D eigenvalue weighted by atomic mass is 32.2. The molecule has 0 amide bonds. The van der Waals surface area contributed by atoms with Gasteiger partial charge in [0.1, 0.15) is 0 Å². The fourth-order valence-corrected chi connectivity index (χ4v) is 0.233. The van der Waals surface area contributed by atoms with Crippen LogP contribution in [0.5, 0.6) is 0 Å². The number of hydrogen-bond donors (Lipinski definition) is 2. The topological polar surface area (TPSA) is 36.1 Å². The maximum atomic E-state index is 7.80. The van der Waals surface area contributed by atoms with E-state index < -0.39 is 0 Å². The lowest BCUT2D eigenvalue weighted by Crippen LogP contribution is -1.84. The highest BCUT2D eigenvalue weighted by Gasteiger charge is 1.82. The molecule has 0 atom stereocenters. The molecule has 0 heterocycles. The Labute approximate surface area is 60.4 Å². The van der Waals surface area contributed by atoms with Crippen molar-refractivity contribution in [3.63, 3.8) is 0 Å². The second-order valence-corrected chi connectivity index (χ2v) is 2.31. The molecule has 2 nitrogen and oxygen atoms in total. The van der Waals surface area contributed by atoms with Gasteiger partial charge in [0, 0.05) is 6.21 Å². The van der Waals surface area contributed by atoms with Gasteiger partial charge in [-0.1, -0.05) is 7.43 Å². The van der Waals surface area contributed by atoms with Crippen molar-refractivity contribution in [2.24, 2.45) is 4.99 Å². The summed E-state index contributed by atoms with van der Waals surface area (Å²) in [6, 6.07) is 0. The molecule has 0 bridgehead atoms. The van der Waals surface area contributed by atoms with Gasteiger partial charge in [-0.05, 0) is 0 Å².